The van der Waals surface area contributed by atoms with Crippen molar-refractivity contribution in [2.75, 3.05) is 0 Å². The van der Waals surface area contributed by atoms with Crippen molar-refractivity contribution in [2.24, 2.45) is 0 Å². The second-order valence-electron chi connectivity index (χ2n) is 3.03. The Morgan fingerprint density at radius 3 is 0.944 bits per heavy atom. The Balaban J connectivity index is -0.000000233. The molecule has 8 nitrogen and oxygen atoms in total. The molecule has 0 bridgehead atoms. The van der Waals surface area contributed by atoms with Gasteiger partial charge in [0.25, 0.3) is 11.9 Å². The zero-order valence-corrected chi connectivity index (χ0v) is 10.3. The maximum absolute atomic E-state index is 9.90. The normalized spacial score (nSPS) is 7.89. The van der Waals surface area contributed by atoms with Crippen LogP contribution in [0.2, 0.25) is 0 Å². The van der Waals surface area contributed by atoms with Crippen LogP contribution in [0.15, 0.2) is 0 Å². The van der Waals surface area contributed by atoms with Gasteiger partial charge in [-0.3, -0.25) is 19.2 Å². The number of unbranched alkanes of at least 4 members (excludes halogenated alkanes) is 1. The van der Waals surface area contributed by atoms with Crippen molar-refractivity contribution in [1.82, 2.24) is 0 Å². The van der Waals surface area contributed by atoms with Gasteiger partial charge >= 0.3 is 11.9 Å². The number of aliphatic carboxylic acids is 4. The van der Waals surface area contributed by atoms with Crippen molar-refractivity contribution < 1.29 is 39.6 Å². The highest BCUT2D eigenvalue weighted by atomic mass is 16.4. The Morgan fingerprint density at radius 2 is 0.833 bits per heavy atom. The van der Waals surface area contributed by atoms with E-state index < -0.39 is 23.9 Å². The standard InChI is InChI=1S/C6H10O4.2C2H4O2/c7-5(8)3-1-2-4-6(9)10;2*1-2(3)4/h1-4H2,(H,7,8)(H,9,10);2*1H3,(H,3,4). The zero-order chi connectivity index (χ0) is 15.1. The first kappa shape index (κ1) is 21.2. The van der Waals surface area contributed by atoms with E-state index in [-0.39, 0.29) is 12.8 Å². The van der Waals surface area contributed by atoms with Gasteiger partial charge in [0.1, 0.15) is 0 Å². The number of rotatable bonds is 5. The second-order valence-corrected chi connectivity index (χ2v) is 3.03. The van der Waals surface area contributed by atoms with Gasteiger partial charge in [-0.15, -0.1) is 0 Å². The molecule has 0 aliphatic carbocycles. The Bertz CT molecular complexity index is 235. The van der Waals surface area contributed by atoms with E-state index in [1.54, 1.807) is 0 Å². The van der Waals surface area contributed by atoms with Crippen molar-refractivity contribution in [2.45, 2.75) is 39.5 Å². The molecule has 0 aliphatic heterocycles. The third-order valence-electron chi connectivity index (χ3n) is 1.03. The zero-order valence-electron chi connectivity index (χ0n) is 10.3. The molecular weight excluding hydrogens is 248 g/mol. The fraction of sp³-hybridized carbons (Fsp3) is 0.600. The summed E-state index contributed by atoms with van der Waals surface area (Å²) in [6, 6.07) is 0. The monoisotopic (exact) mass is 266 g/mol. The van der Waals surface area contributed by atoms with E-state index in [0.717, 1.165) is 13.8 Å². The summed E-state index contributed by atoms with van der Waals surface area (Å²) in [4.78, 5) is 37.8. The molecule has 18 heavy (non-hydrogen) atoms. The summed E-state index contributed by atoms with van der Waals surface area (Å²) >= 11 is 0. The van der Waals surface area contributed by atoms with Crippen LogP contribution in [0.5, 0.6) is 0 Å². The summed E-state index contributed by atoms with van der Waals surface area (Å²) in [5, 5.41) is 31.1. The highest BCUT2D eigenvalue weighted by Crippen LogP contribution is 1.98. The van der Waals surface area contributed by atoms with Crippen molar-refractivity contribution in [3.8, 4) is 0 Å². The molecule has 0 heterocycles. The van der Waals surface area contributed by atoms with Crippen LogP contribution in [0.1, 0.15) is 39.5 Å². The lowest BCUT2D eigenvalue weighted by atomic mass is 10.2. The summed E-state index contributed by atoms with van der Waals surface area (Å²) in [6.07, 6.45) is 1.02. The Kier molecular flexibility index (Phi) is 17.5. The molecule has 0 saturated heterocycles. The van der Waals surface area contributed by atoms with Crippen LogP contribution in [-0.4, -0.2) is 44.3 Å². The minimum atomic E-state index is -0.870. The highest BCUT2D eigenvalue weighted by Gasteiger charge is 1.99. The first-order chi connectivity index (χ1) is 8.09. The Morgan fingerprint density at radius 1 is 0.667 bits per heavy atom. The van der Waals surface area contributed by atoms with Crippen molar-refractivity contribution in [3.63, 3.8) is 0 Å². The van der Waals surface area contributed by atoms with Gasteiger partial charge in [-0.05, 0) is 12.8 Å². The summed E-state index contributed by atoms with van der Waals surface area (Å²) in [7, 11) is 0. The quantitative estimate of drug-likeness (QED) is 0.536. The van der Waals surface area contributed by atoms with Crippen LogP contribution in [0.25, 0.3) is 0 Å². The van der Waals surface area contributed by atoms with Crippen LogP contribution in [-0.2, 0) is 19.2 Å². The van der Waals surface area contributed by atoms with E-state index in [1.165, 1.54) is 0 Å². The maximum atomic E-state index is 9.90. The molecular formula is C10H18O8. The minimum Gasteiger partial charge on any atom is -0.481 e. The Labute approximate surface area is 104 Å². The molecule has 0 radical (unpaired) electrons. The summed E-state index contributed by atoms with van der Waals surface area (Å²) < 4.78 is 0. The smallest absolute Gasteiger partial charge is 0.303 e. The van der Waals surface area contributed by atoms with Crippen LogP contribution < -0.4 is 0 Å². The van der Waals surface area contributed by atoms with Gasteiger partial charge in [0, 0.05) is 26.7 Å². The van der Waals surface area contributed by atoms with E-state index in [4.69, 9.17) is 30.0 Å². The molecule has 0 atom stereocenters. The van der Waals surface area contributed by atoms with E-state index >= 15 is 0 Å². The van der Waals surface area contributed by atoms with Gasteiger partial charge in [-0.25, -0.2) is 0 Å². The molecule has 0 aromatic carbocycles. The lowest BCUT2D eigenvalue weighted by Gasteiger charge is -1.92. The summed E-state index contributed by atoms with van der Waals surface area (Å²) in [6.45, 7) is 2.17. The predicted octanol–water partition coefficient (Wildman–Crippen LogP) is 0.898. The topological polar surface area (TPSA) is 149 Å². The number of carbonyl (C=O) groups is 4. The molecule has 8 heteroatoms. The largest absolute Gasteiger partial charge is 0.481 e. The molecule has 0 rings (SSSR count). The molecule has 0 aliphatic rings. The van der Waals surface area contributed by atoms with Crippen LogP contribution in [0.4, 0.5) is 0 Å². The second kappa shape index (κ2) is 14.9. The van der Waals surface area contributed by atoms with Gasteiger partial charge in [0.15, 0.2) is 0 Å². The van der Waals surface area contributed by atoms with Crippen LogP contribution in [0, 0.1) is 0 Å². The molecule has 0 aromatic heterocycles. The van der Waals surface area contributed by atoms with E-state index in [1.807, 2.05) is 0 Å². The van der Waals surface area contributed by atoms with Gasteiger partial charge in [0.2, 0.25) is 0 Å². The van der Waals surface area contributed by atoms with Crippen molar-refractivity contribution in [3.05, 3.63) is 0 Å². The molecule has 0 aromatic rings. The summed E-state index contributed by atoms with van der Waals surface area (Å²) in [5.41, 5.74) is 0. The maximum Gasteiger partial charge on any atom is 0.303 e. The average Bonchev–Trinajstić information content (AvgIpc) is 2.09. The number of carboxylic acids is 4. The average molecular weight is 266 g/mol. The molecule has 0 amide bonds. The molecule has 0 spiro atoms. The molecule has 0 fully saturated rings. The van der Waals surface area contributed by atoms with Gasteiger partial charge in [-0.2, -0.15) is 0 Å². The summed E-state index contributed by atoms with van der Waals surface area (Å²) in [5.74, 6) is -3.41. The molecule has 4 N–H and O–H groups in total. The fourth-order valence-corrected chi connectivity index (χ4v) is 0.552. The van der Waals surface area contributed by atoms with E-state index in [2.05, 4.69) is 0 Å². The third-order valence-corrected chi connectivity index (χ3v) is 1.03. The van der Waals surface area contributed by atoms with Gasteiger partial charge in [-0.1, -0.05) is 0 Å². The third kappa shape index (κ3) is 96.7. The first-order valence-electron chi connectivity index (χ1n) is 4.92. The molecule has 106 valence electrons. The Hall–Kier alpha value is -2.12. The number of hydrogen-bond donors (Lipinski definition) is 4. The van der Waals surface area contributed by atoms with E-state index in [0.29, 0.717) is 12.8 Å². The number of hydrogen-bond acceptors (Lipinski definition) is 4. The number of carboxylic acid groups (broad SMARTS) is 4. The molecule has 0 saturated carbocycles. The van der Waals surface area contributed by atoms with E-state index in [9.17, 15) is 9.59 Å². The fourth-order valence-electron chi connectivity index (χ4n) is 0.552. The predicted molar refractivity (Wildman–Crippen MR) is 60.4 cm³/mol. The minimum absolute atomic E-state index is 0.0628. The van der Waals surface area contributed by atoms with Crippen molar-refractivity contribution in [1.29, 1.82) is 0 Å². The van der Waals surface area contributed by atoms with Crippen LogP contribution in [0.3, 0.4) is 0 Å². The SMILES string of the molecule is CC(=O)O.CC(=O)O.O=C(O)CCCCC(=O)O. The van der Waals surface area contributed by atoms with Crippen LogP contribution >= 0.6 is 0 Å². The highest BCUT2D eigenvalue weighted by molar-refractivity contribution is 5.67. The van der Waals surface area contributed by atoms with Gasteiger partial charge in [0.05, 0.1) is 0 Å². The lowest BCUT2D eigenvalue weighted by molar-refractivity contribution is -0.139. The molecule has 0 unspecified atom stereocenters. The van der Waals surface area contributed by atoms with Gasteiger partial charge < -0.3 is 20.4 Å². The lowest BCUT2D eigenvalue weighted by Crippen LogP contribution is -1.97. The van der Waals surface area contributed by atoms with Crippen molar-refractivity contribution >= 4 is 23.9 Å². The first-order valence-corrected chi connectivity index (χ1v) is 4.92.